The number of furan rings is 1. The summed E-state index contributed by atoms with van der Waals surface area (Å²) in [6.45, 7) is -0.235. The predicted octanol–water partition coefficient (Wildman–Crippen LogP) is 4.46. The standard InChI is InChI=1S/C25H19N3O4/c1-31-23-13-18-17-9-5-6-10-21(17)32-22(18)14-20(23)26-24(29)15-28-25(30)12-11-19(27-28)16-7-3-2-4-8-16/h2-14H,15H2,1H3,(H,26,29). The molecule has 0 aliphatic heterocycles. The van der Waals surface area contributed by atoms with Crippen LogP contribution in [0, 0.1) is 0 Å². The zero-order chi connectivity index (χ0) is 22.1. The quantitative estimate of drug-likeness (QED) is 0.449. The summed E-state index contributed by atoms with van der Waals surface area (Å²) in [4.78, 5) is 25.0. The number of anilines is 1. The Hall–Kier alpha value is -4.39. The van der Waals surface area contributed by atoms with Crippen molar-refractivity contribution >= 4 is 33.5 Å². The number of methoxy groups -OCH3 is 1. The molecule has 0 fully saturated rings. The van der Waals surface area contributed by atoms with Gasteiger partial charge in [0.25, 0.3) is 5.56 Å². The number of carbonyl (C=O) groups is 1. The molecule has 158 valence electrons. The van der Waals surface area contributed by atoms with Crippen LogP contribution in [-0.2, 0) is 11.3 Å². The first-order valence-electron chi connectivity index (χ1n) is 10.0. The Morgan fingerprint density at radius 1 is 0.969 bits per heavy atom. The van der Waals surface area contributed by atoms with E-state index in [-0.39, 0.29) is 12.1 Å². The first-order chi connectivity index (χ1) is 15.6. The third-order valence-electron chi connectivity index (χ3n) is 5.20. The molecule has 1 amide bonds. The number of carbonyl (C=O) groups excluding carboxylic acids is 1. The first-order valence-corrected chi connectivity index (χ1v) is 10.0. The molecule has 32 heavy (non-hydrogen) atoms. The summed E-state index contributed by atoms with van der Waals surface area (Å²) in [6, 6.07) is 23.8. The number of fused-ring (bicyclic) bond motifs is 3. The van der Waals surface area contributed by atoms with E-state index in [4.69, 9.17) is 9.15 Å². The van der Waals surface area contributed by atoms with Crippen LogP contribution in [0.3, 0.4) is 0 Å². The summed E-state index contributed by atoms with van der Waals surface area (Å²) < 4.78 is 12.5. The highest BCUT2D eigenvalue weighted by molar-refractivity contribution is 6.07. The maximum atomic E-state index is 12.8. The van der Waals surface area contributed by atoms with Gasteiger partial charge in [-0.1, -0.05) is 48.5 Å². The van der Waals surface area contributed by atoms with E-state index in [2.05, 4.69) is 10.4 Å². The van der Waals surface area contributed by atoms with Crippen molar-refractivity contribution < 1.29 is 13.9 Å². The van der Waals surface area contributed by atoms with Gasteiger partial charge < -0.3 is 14.5 Å². The lowest BCUT2D eigenvalue weighted by molar-refractivity contribution is -0.117. The molecule has 0 radical (unpaired) electrons. The van der Waals surface area contributed by atoms with Crippen LogP contribution in [0.4, 0.5) is 5.69 Å². The number of ether oxygens (including phenoxy) is 1. The zero-order valence-corrected chi connectivity index (χ0v) is 17.2. The molecule has 2 aromatic heterocycles. The Balaban J connectivity index is 1.44. The fourth-order valence-electron chi connectivity index (χ4n) is 3.67. The van der Waals surface area contributed by atoms with Gasteiger partial charge in [-0.15, -0.1) is 0 Å². The fourth-order valence-corrected chi connectivity index (χ4v) is 3.67. The third-order valence-corrected chi connectivity index (χ3v) is 5.20. The minimum Gasteiger partial charge on any atom is -0.495 e. The number of hydrogen-bond donors (Lipinski definition) is 1. The topological polar surface area (TPSA) is 86.4 Å². The minimum absolute atomic E-state index is 0.235. The van der Waals surface area contributed by atoms with Crippen molar-refractivity contribution in [1.29, 1.82) is 0 Å². The van der Waals surface area contributed by atoms with Gasteiger partial charge in [0.15, 0.2) is 0 Å². The minimum atomic E-state index is -0.404. The number of hydrogen-bond acceptors (Lipinski definition) is 5. The Morgan fingerprint density at radius 2 is 1.75 bits per heavy atom. The smallest absolute Gasteiger partial charge is 0.267 e. The maximum absolute atomic E-state index is 12.8. The van der Waals surface area contributed by atoms with Gasteiger partial charge >= 0.3 is 0 Å². The van der Waals surface area contributed by atoms with Crippen LogP contribution in [0.5, 0.6) is 5.75 Å². The molecule has 0 unspecified atom stereocenters. The van der Waals surface area contributed by atoms with Crippen LogP contribution in [0.1, 0.15) is 0 Å². The van der Waals surface area contributed by atoms with Gasteiger partial charge in [-0.05, 0) is 18.2 Å². The molecular formula is C25H19N3O4. The lowest BCUT2D eigenvalue weighted by Gasteiger charge is -2.11. The van der Waals surface area contributed by atoms with Crippen LogP contribution in [0.2, 0.25) is 0 Å². The van der Waals surface area contributed by atoms with Gasteiger partial charge in [0.05, 0.1) is 18.5 Å². The summed E-state index contributed by atoms with van der Waals surface area (Å²) in [5, 5.41) is 9.01. The van der Waals surface area contributed by atoms with Crippen LogP contribution < -0.4 is 15.6 Å². The number of nitrogens with one attached hydrogen (secondary N) is 1. The average molecular weight is 425 g/mol. The van der Waals surface area contributed by atoms with Gasteiger partial charge in [0, 0.05) is 28.5 Å². The van der Waals surface area contributed by atoms with Gasteiger partial charge in [-0.3, -0.25) is 9.59 Å². The van der Waals surface area contributed by atoms with E-state index >= 15 is 0 Å². The second kappa shape index (κ2) is 8.03. The molecule has 7 heteroatoms. The molecule has 7 nitrogen and oxygen atoms in total. The molecule has 2 heterocycles. The van der Waals surface area contributed by atoms with Crippen LogP contribution in [0.25, 0.3) is 33.2 Å². The van der Waals surface area contributed by atoms with Crippen molar-refractivity contribution in [3.63, 3.8) is 0 Å². The van der Waals surface area contributed by atoms with E-state index in [0.717, 1.165) is 26.6 Å². The van der Waals surface area contributed by atoms with E-state index in [9.17, 15) is 9.59 Å². The molecule has 0 saturated carbocycles. The normalized spacial score (nSPS) is 11.0. The highest BCUT2D eigenvalue weighted by Crippen LogP contribution is 2.36. The van der Waals surface area contributed by atoms with E-state index < -0.39 is 5.91 Å². The van der Waals surface area contributed by atoms with Crippen molar-refractivity contribution in [2.45, 2.75) is 6.54 Å². The molecular weight excluding hydrogens is 406 g/mol. The van der Waals surface area contributed by atoms with Crippen LogP contribution in [-0.4, -0.2) is 22.8 Å². The highest BCUT2D eigenvalue weighted by Gasteiger charge is 2.15. The molecule has 0 saturated heterocycles. The van der Waals surface area contributed by atoms with E-state index in [0.29, 0.717) is 22.7 Å². The zero-order valence-electron chi connectivity index (χ0n) is 17.2. The van der Waals surface area contributed by atoms with Gasteiger partial charge in [-0.2, -0.15) is 5.10 Å². The number of aromatic nitrogens is 2. The molecule has 0 aliphatic carbocycles. The molecule has 5 aromatic rings. The van der Waals surface area contributed by atoms with E-state index in [1.54, 1.807) is 12.1 Å². The molecule has 5 rings (SSSR count). The first kappa shape index (κ1) is 19.6. The lowest BCUT2D eigenvalue weighted by atomic mass is 10.1. The fraction of sp³-hybridized carbons (Fsp3) is 0.0800. The van der Waals surface area contributed by atoms with Crippen LogP contribution in [0.15, 0.2) is 88.1 Å². The molecule has 1 N–H and O–H groups in total. The number of nitrogens with zero attached hydrogens (tertiary/aromatic N) is 2. The van der Waals surface area contributed by atoms with Crippen molar-refractivity contribution in [3.05, 3.63) is 89.2 Å². The molecule has 3 aromatic carbocycles. The van der Waals surface area contributed by atoms with Gasteiger partial charge in [0.1, 0.15) is 23.5 Å². The number of amides is 1. The van der Waals surface area contributed by atoms with Crippen molar-refractivity contribution in [1.82, 2.24) is 9.78 Å². The third kappa shape index (κ3) is 3.60. The molecule has 0 atom stereocenters. The monoisotopic (exact) mass is 425 g/mol. The van der Waals surface area contributed by atoms with Crippen molar-refractivity contribution in [2.24, 2.45) is 0 Å². The summed E-state index contributed by atoms with van der Waals surface area (Å²) >= 11 is 0. The largest absolute Gasteiger partial charge is 0.495 e. The Kier molecular flexibility index (Phi) is 4.91. The molecule has 0 bridgehead atoms. The summed E-state index contributed by atoms with van der Waals surface area (Å²) in [6.07, 6.45) is 0. The van der Waals surface area contributed by atoms with Crippen molar-refractivity contribution in [3.8, 4) is 17.0 Å². The van der Waals surface area contributed by atoms with E-state index in [1.165, 1.54) is 13.2 Å². The Morgan fingerprint density at radius 3 is 2.56 bits per heavy atom. The second-order valence-corrected chi connectivity index (χ2v) is 7.28. The lowest BCUT2D eigenvalue weighted by Crippen LogP contribution is -2.29. The molecule has 0 spiro atoms. The number of rotatable bonds is 5. The maximum Gasteiger partial charge on any atom is 0.267 e. The van der Waals surface area contributed by atoms with Crippen molar-refractivity contribution in [2.75, 3.05) is 12.4 Å². The van der Waals surface area contributed by atoms with Gasteiger partial charge in [0.2, 0.25) is 5.91 Å². The SMILES string of the molecule is COc1cc2c(cc1NC(=O)Cn1nc(-c3ccccc3)ccc1=O)oc1ccccc12. The summed E-state index contributed by atoms with van der Waals surface area (Å²) in [5.41, 5.74) is 2.94. The summed E-state index contributed by atoms with van der Waals surface area (Å²) in [5.74, 6) is 0.0920. The number of para-hydroxylation sites is 1. The summed E-state index contributed by atoms with van der Waals surface area (Å²) in [7, 11) is 1.54. The highest BCUT2D eigenvalue weighted by atomic mass is 16.5. The second-order valence-electron chi connectivity index (χ2n) is 7.28. The Labute approximate surface area is 182 Å². The van der Waals surface area contributed by atoms with Crippen LogP contribution >= 0.6 is 0 Å². The van der Waals surface area contributed by atoms with E-state index in [1.807, 2.05) is 60.7 Å². The molecule has 0 aliphatic rings. The average Bonchev–Trinajstić information content (AvgIpc) is 3.18. The number of benzene rings is 3. The van der Waals surface area contributed by atoms with Gasteiger partial charge in [-0.25, -0.2) is 4.68 Å². The Bertz CT molecular complexity index is 1500. The predicted molar refractivity (Wildman–Crippen MR) is 123 cm³/mol.